The Hall–Kier alpha value is -1.61. The lowest BCUT2D eigenvalue weighted by molar-refractivity contribution is -0.119. The standard InChI is InChI=1S/C18H17BrO2/c1-21-18-9-7-14(19)10-13(18)11-17(20)16-8-6-12-4-2-3-5-15(12)16/h2-5,7,9-10,16H,6,8,11H2,1H3. The summed E-state index contributed by atoms with van der Waals surface area (Å²) < 4.78 is 6.33. The van der Waals surface area contributed by atoms with Crippen molar-refractivity contribution in [3.63, 3.8) is 0 Å². The lowest BCUT2D eigenvalue weighted by atomic mass is 9.92. The average Bonchev–Trinajstić information content (AvgIpc) is 2.91. The molecule has 1 unspecified atom stereocenters. The summed E-state index contributed by atoms with van der Waals surface area (Å²) in [5.41, 5.74) is 3.47. The van der Waals surface area contributed by atoms with Crippen molar-refractivity contribution in [1.29, 1.82) is 0 Å². The third kappa shape index (κ3) is 2.88. The highest BCUT2D eigenvalue weighted by Crippen LogP contribution is 2.35. The largest absolute Gasteiger partial charge is 0.496 e. The topological polar surface area (TPSA) is 26.3 Å². The summed E-state index contributed by atoms with van der Waals surface area (Å²) in [4.78, 5) is 12.7. The SMILES string of the molecule is COc1ccc(Br)cc1CC(=O)C1CCc2ccccc21. The van der Waals surface area contributed by atoms with E-state index in [1.165, 1.54) is 11.1 Å². The van der Waals surface area contributed by atoms with Crippen LogP contribution in [0.5, 0.6) is 5.75 Å². The zero-order valence-corrected chi connectivity index (χ0v) is 13.5. The van der Waals surface area contributed by atoms with Gasteiger partial charge in [0.2, 0.25) is 0 Å². The van der Waals surface area contributed by atoms with E-state index in [4.69, 9.17) is 4.74 Å². The van der Waals surface area contributed by atoms with Crippen LogP contribution >= 0.6 is 15.9 Å². The van der Waals surface area contributed by atoms with E-state index in [1.807, 2.05) is 30.3 Å². The molecule has 0 heterocycles. The molecule has 1 atom stereocenters. The number of halogens is 1. The number of hydrogen-bond donors (Lipinski definition) is 0. The second kappa shape index (κ2) is 6.02. The first kappa shape index (κ1) is 14.3. The molecule has 0 saturated carbocycles. The molecule has 21 heavy (non-hydrogen) atoms. The van der Waals surface area contributed by atoms with Gasteiger partial charge >= 0.3 is 0 Å². The Morgan fingerprint density at radius 3 is 2.90 bits per heavy atom. The summed E-state index contributed by atoms with van der Waals surface area (Å²) in [6.45, 7) is 0. The van der Waals surface area contributed by atoms with Gasteiger partial charge in [0.1, 0.15) is 11.5 Å². The molecule has 0 spiro atoms. The Morgan fingerprint density at radius 1 is 1.29 bits per heavy atom. The van der Waals surface area contributed by atoms with Gasteiger partial charge in [-0.2, -0.15) is 0 Å². The number of ether oxygens (including phenoxy) is 1. The molecular weight excluding hydrogens is 328 g/mol. The van der Waals surface area contributed by atoms with E-state index in [0.717, 1.165) is 28.6 Å². The van der Waals surface area contributed by atoms with E-state index in [2.05, 4.69) is 28.1 Å². The molecule has 0 aromatic heterocycles. The van der Waals surface area contributed by atoms with Crippen molar-refractivity contribution in [2.45, 2.75) is 25.2 Å². The van der Waals surface area contributed by atoms with E-state index in [1.54, 1.807) is 7.11 Å². The maximum absolute atomic E-state index is 12.7. The summed E-state index contributed by atoms with van der Waals surface area (Å²) in [6, 6.07) is 14.1. The van der Waals surface area contributed by atoms with Crippen molar-refractivity contribution < 1.29 is 9.53 Å². The van der Waals surface area contributed by atoms with Crippen molar-refractivity contribution in [2.75, 3.05) is 7.11 Å². The first-order valence-corrected chi connectivity index (χ1v) is 7.91. The number of ketones is 1. The van der Waals surface area contributed by atoms with Crippen LogP contribution in [0.1, 0.15) is 29.0 Å². The predicted octanol–water partition coefficient (Wildman–Crippen LogP) is 4.30. The van der Waals surface area contributed by atoms with Crippen LogP contribution in [0.25, 0.3) is 0 Å². The van der Waals surface area contributed by atoms with Gasteiger partial charge in [-0.1, -0.05) is 40.2 Å². The Labute approximate surface area is 133 Å². The van der Waals surface area contributed by atoms with E-state index in [-0.39, 0.29) is 11.7 Å². The molecule has 3 heteroatoms. The molecule has 2 aromatic rings. The molecule has 0 aliphatic heterocycles. The second-order valence-electron chi connectivity index (χ2n) is 5.39. The van der Waals surface area contributed by atoms with Crippen LogP contribution in [0.3, 0.4) is 0 Å². The maximum atomic E-state index is 12.7. The Balaban J connectivity index is 1.83. The van der Waals surface area contributed by atoms with E-state index < -0.39 is 0 Å². The van der Waals surface area contributed by atoms with Crippen molar-refractivity contribution in [3.8, 4) is 5.75 Å². The van der Waals surface area contributed by atoms with Crippen LogP contribution in [0.15, 0.2) is 46.9 Å². The maximum Gasteiger partial charge on any atom is 0.144 e. The van der Waals surface area contributed by atoms with Gasteiger partial charge in [0, 0.05) is 22.4 Å². The van der Waals surface area contributed by atoms with Gasteiger partial charge in [-0.25, -0.2) is 0 Å². The highest BCUT2D eigenvalue weighted by atomic mass is 79.9. The summed E-state index contributed by atoms with van der Waals surface area (Å²) in [6.07, 6.45) is 2.35. The van der Waals surface area contributed by atoms with Crippen molar-refractivity contribution in [3.05, 3.63) is 63.6 Å². The number of benzene rings is 2. The Bertz CT molecular complexity index is 679. The number of methoxy groups -OCH3 is 1. The third-order valence-corrected chi connectivity index (χ3v) is 4.62. The Morgan fingerprint density at radius 2 is 2.10 bits per heavy atom. The summed E-state index contributed by atoms with van der Waals surface area (Å²) in [7, 11) is 1.64. The van der Waals surface area contributed by atoms with Crippen LogP contribution in [0, 0.1) is 0 Å². The molecule has 0 saturated heterocycles. The van der Waals surface area contributed by atoms with Crippen LogP contribution in [0.2, 0.25) is 0 Å². The lowest BCUT2D eigenvalue weighted by Gasteiger charge is -2.13. The van der Waals surface area contributed by atoms with Gasteiger partial charge in [0.25, 0.3) is 0 Å². The number of rotatable bonds is 4. The van der Waals surface area contributed by atoms with Gasteiger partial charge in [-0.15, -0.1) is 0 Å². The van der Waals surface area contributed by atoms with Gasteiger partial charge in [0.15, 0.2) is 0 Å². The fraction of sp³-hybridized carbons (Fsp3) is 0.278. The van der Waals surface area contributed by atoms with Crippen molar-refractivity contribution in [1.82, 2.24) is 0 Å². The molecule has 2 aromatic carbocycles. The van der Waals surface area contributed by atoms with Crippen LogP contribution in [-0.4, -0.2) is 12.9 Å². The zero-order valence-electron chi connectivity index (χ0n) is 11.9. The number of carbonyl (C=O) groups excluding carboxylic acids is 1. The predicted molar refractivity (Wildman–Crippen MR) is 86.9 cm³/mol. The minimum Gasteiger partial charge on any atom is -0.496 e. The number of carbonyl (C=O) groups is 1. The van der Waals surface area contributed by atoms with Gasteiger partial charge in [-0.3, -0.25) is 4.79 Å². The highest BCUT2D eigenvalue weighted by molar-refractivity contribution is 9.10. The lowest BCUT2D eigenvalue weighted by Crippen LogP contribution is -2.13. The quantitative estimate of drug-likeness (QED) is 0.826. The van der Waals surface area contributed by atoms with Gasteiger partial charge in [-0.05, 0) is 42.2 Å². The third-order valence-electron chi connectivity index (χ3n) is 4.13. The summed E-state index contributed by atoms with van der Waals surface area (Å²) in [5, 5.41) is 0. The second-order valence-corrected chi connectivity index (χ2v) is 6.31. The monoisotopic (exact) mass is 344 g/mol. The smallest absolute Gasteiger partial charge is 0.144 e. The molecule has 3 rings (SSSR count). The molecule has 2 nitrogen and oxygen atoms in total. The summed E-state index contributed by atoms with van der Waals surface area (Å²) >= 11 is 3.46. The van der Waals surface area contributed by atoms with Crippen molar-refractivity contribution in [2.24, 2.45) is 0 Å². The number of aryl methyl sites for hydroxylation is 1. The molecule has 1 aliphatic carbocycles. The molecule has 0 amide bonds. The molecule has 0 N–H and O–H groups in total. The minimum absolute atomic E-state index is 0.0323. The van der Waals surface area contributed by atoms with Crippen LogP contribution in [-0.2, 0) is 17.6 Å². The van der Waals surface area contributed by atoms with Crippen LogP contribution < -0.4 is 4.74 Å². The number of hydrogen-bond acceptors (Lipinski definition) is 2. The normalized spacial score (nSPS) is 16.6. The fourth-order valence-corrected chi connectivity index (χ4v) is 3.50. The molecule has 0 radical (unpaired) electrons. The van der Waals surface area contributed by atoms with Crippen LogP contribution in [0.4, 0.5) is 0 Å². The molecule has 0 fully saturated rings. The van der Waals surface area contributed by atoms with Crippen molar-refractivity contribution >= 4 is 21.7 Å². The highest BCUT2D eigenvalue weighted by Gasteiger charge is 2.28. The number of Topliss-reactive ketones (excluding diaryl/α,β-unsaturated/α-hetero) is 1. The molecule has 1 aliphatic rings. The molecule has 0 bridgehead atoms. The van der Waals surface area contributed by atoms with E-state index in [9.17, 15) is 4.79 Å². The first-order chi connectivity index (χ1) is 10.2. The molecular formula is C18H17BrO2. The van der Waals surface area contributed by atoms with E-state index in [0.29, 0.717) is 6.42 Å². The zero-order chi connectivity index (χ0) is 14.8. The Kier molecular flexibility index (Phi) is 4.11. The van der Waals surface area contributed by atoms with E-state index >= 15 is 0 Å². The fourth-order valence-electron chi connectivity index (χ4n) is 3.09. The average molecular weight is 345 g/mol. The first-order valence-electron chi connectivity index (χ1n) is 7.12. The van der Waals surface area contributed by atoms with Gasteiger partial charge in [0.05, 0.1) is 7.11 Å². The molecule has 108 valence electrons. The number of fused-ring (bicyclic) bond motifs is 1. The summed E-state index contributed by atoms with van der Waals surface area (Å²) in [5.74, 6) is 1.08. The minimum atomic E-state index is 0.0323. The van der Waals surface area contributed by atoms with Gasteiger partial charge < -0.3 is 4.74 Å².